The molecule has 0 radical (unpaired) electrons. The fourth-order valence-electron chi connectivity index (χ4n) is 2.11. The Hall–Kier alpha value is -0.510. The number of hydrogen-bond acceptors (Lipinski definition) is 3. The minimum atomic E-state index is 0.529. The van der Waals surface area contributed by atoms with Crippen LogP contribution >= 0.6 is 11.8 Å². The minimum Gasteiger partial charge on any atom is -0.329 e. The second kappa shape index (κ2) is 9.42. The normalized spacial score (nSPS) is 12.9. The maximum absolute atomic E-state index is 5.88. The van der Waals surface area contributed by atoms with Crippen molar-refractivity contribution in [2.75, 3.05) is 32.1 Å². The minimum absolute atomic E-state index is 0.529. The van der Waals surface area contributed by atoms with Crippen LogP contribution in [0.15, 0.2) is 30.3 Å². The van der Waals surface area contributed by atoms with E-state index in [0.29, 0.717) is 6.04 Å². The number of thioether (sulfide) groups is 1. The topological polar surface area (TPSA) is 29.3 Å². The van der Waals surface area contributed by atoms with Crippen LogP contribution in [0.1, 0.15) is 18.4 Å². The van der Waals surface area contributed by atoms with Crippen LogP contribution in [0.25, 0.3) is 0 Å². The Bertz CT molecular complexity index is 303. The molecule has 18 heavy (non-hydrogen) atoms. The monoisotopic (exact) mass is 266 g/mol. The lowest BCUT2D eigenvalue weighted by atomic mass is 10.1. The third-order valence-corrected chi connectivity index (χ3v) is 4.07. The van der Waals surface area contributed by atoms with Crippen molar-refractivity contribution in [2.45, 2.75) is 25.3 Å². The average Bonchev–Trinajstić information content (AvgIpc) is 2.42. The van der Waals surface area contributed by atoms with Gasteiger partial charge in [0.25, 0.3) is 0 Å². The van der Waals surface area contributed by atoms with Crippen LogP contribution in [0, 0.1) is 0 Å². The standard InChI is InChI=1S/C15H26N2S/c1-17(15(13-16)9-6-12-18-2)11-10-14-7-4-3-5-8-14/h3-5,7-8,15H,6,9-13,16H2,1-2H3. The summed E-state index contributed by atoms with van der Waals surface area (Å²) in [6.45, 7) is 1.85. The van der Waals surface area contributed by atoms with Gasteiger partial charge in [-0.15, -0.1) is 0 Å². The fourth-order valence-corrected chi connectivity index (χ4v) is 2.57. The van der Waals surface area contributed by atoms with E-state index in [0.717, 1.165) is 19.5 Å². The average molecular weight is 266 g/mol. The van der Waals surface area contributed by atoms with Gasteiger partial charge in [-0.25, -0.2) is 0 Å². The van der Waals surface area contributed by atoms with Crippen molar-refractivity contribution in [1.82, 2.24) is 4.90 Å². The predicted molar refractivity (Wildman–Crippen MR) is 83.2 cm³/mol. The Labute approximate surface area is 116 Å². The molecule has 0 aliphatic heterocycles. The Morgan fingerprint density at radius 2 is 2.00 bits per heavy atom. The van der Waals surface area contributed by atoms with Crippen molar-refractivity contribution in [3.63, 3.8) is 0 Å². The molecule has 0 aromatic heterocycles. The highest BCUT2D eigenvalue weighted by Crippen LogP contribution is 2.09. The van der Waals surface area contributed by atoms with Crippen molar-refractivity contribution in [1.29, 1.82) is 0 Å². The molecule has 1 atom stereocenters. The molecule has 2 nitrogen and oxygen atoms in total. The van der Waals surface area contributed by atoms with Gasteiger partial charge in [-0.05, 0) is 43.9 Å². The Morgan fingerprint density at radius 1 is 1.28 bits per heavy atom. The summed E-state index contributed by atoms with van der Waals surface area (Å²) in [5.74, 6) is 1.24. The summed E-state index contributed by atoms with van der Waals surface area (Å²) in [6, 6.07) is 11.2. The van der Waals surface area contributed by atoms with Crippen molar-refractivity contribution < 1.29 is 0 Å². The van der Waals surface area contributed by atoms with E-state index in [1.807, 2.05) is 11.8 Å². The highest BCUT2D eigenvalue weighted by Gasteiger charge is 2.12. The quantitative estimate of drug-likeness (QED) is 0.697. The highest BCUT2D eigenvalue weighted by molar-refractivity contribution is 7.98. The van der Waals surface area contributed by atoms with Gasteiger partial charge in [0, 0.05) is 19.1 Å². The molecule has 0 saturated carbocycles. The number of hydrogen-bond donors (Lipinski definition) is 1. The molecule has 0 heterocycles. The van der Waals surface area contributed by atoms with Gasteiger partial charge >= 0.3 is 0 Å². The van der Waals surface area contributed by atoms with E-state index >= 15 is 0 Å². The smallest absolute Gasteiger partial charge is 0.0215 e. The van der Waals surface area contributed by atoms with Gasteiger partial charge in [-0.1, -0.05) is 30.3 Å². The van der Waals surface area contributed by atoms with Gasteiger partial charge in [0.1, 0.15) is 0 Å². The summed E-state index contributed by atoms with van der Waals surface area (Å²) in [7, 11) is 2.19. The molecule has 2 N–H and O–H groups in total. The molecule has 0 spiro atoms. The van der Waals surface area contributed by atoms with E-state index < -0.39 is 0 Å². The zero-order chi connectivity index (χ0) is 13.2. The molecule has 0 bridgehead atoms. The molecule has 102 valence electrons. The molecule has 1 aromatic carbocycles. The number of nitrogens with zero attached hydrogens (tertiary/aromatic N) is 1. The van der Waals surface area contributed by atoms with Gasteiger partial charge in [0.2, 0.25) is 0 Å². The molecular weight excluding hydrogens is 240 g/mol. The van der Waals surface area contributed by atoms with Gasteiger partial charge in [0.05, 0.1) is 0 Å². The third-order valence-electron chi connectivity index (χ3n) is 3.38. The first kappa shape index (κ1) is 15.5. The van der Waals surface area contributed by atoms with Crippen LogP contribution in [0.3, 0.4) is 0 Å². The Balaban J connectivity index is 2.30. The first-order valence-electron chi connectivity index (χ1n) is 6.71. The van der Waals surface area contributed by atoms with Crippen LogP contribution < -0.4 is 5.73 Å². The maximum atomic E-state index is 5.88. The molecule has 0 amide bonds. The molecular formula is C15H26N2S. The molecule has 1 rings (SSSR count). The Morgan fingerprint density at radius 3 is 2.61 bits per heavy atom. The zero-order valence-electron chi connectivity index (χ0n) is 11.6. The number of likely N-dealkylation sites (N-methyl/N-ethyl adjacent to an activating group) is 1. The second-order valence-corrected chi connectivity index (χ2v) is 5.73. The first-order chi connectivity index (χ1) is 8.77. The lowest BCUT2D eigenvalue weighted by Gasteiger charge is -2.27. The molecule has 1 aromatic rings. The molecule has 0 fully saturated rings. The second-order valence-electron chi connectivity index (χ2n) is 4.74. The van der Waals surface area contributed by atoms with Gasteiger partial charge in [-0.2, -0.15) is 11.8 Å². The van der Waals surface area contributed by atoms with Crippen molar-refractivity contribution in [3.05, 3.63) is 35.9 Å². The lowest BCUT2D eigenvalue weighted by Crippen LogP contribution is -2.39. The number of rotatable bonds is 9. The van der Waals surface area contributed by atoms with E-state index in [1.54, 1.807) is 0 Å². The van der Waals surface area contributed by atoms with Gasteiger partial charge < -0.3 is 10.6 Å². The van der Waals surface area contributed by atoms with Crippen LogP contribution in [-0.2, 0) is 6.42 Å². The zero-order valence-corrected chi connectivity index (χ0v) is 12.5. The van der Waals surface area contributed by atoms with Crippen LogP contribution in [0.2, 0.25) is 0 Å². The summed E-state index contributed by atoms with van der Waals surface area (Å²) in [6.07, 6.45) is 5.74. The molecule has 3 heteroatoms. The number of nitrogens with two attached hydrogens (primary N) is 1. The molecule has 0 aliphatic rings. The van der Waals surface area contributed by atoms with E-state index in [-0.39, 0.29) is 0 Å². The Kier molecular flexibility index (Phi) is 8.14. The van der Waals surface area contributed by atoms with E-state index in [9.17, 15) is 0 Å². The molecule has 1 unspecified atom stereocenters. The van der Waals surface area contributed by atoms with Crippen LogP contribution in [0.4, 0.5) is 0 Å². The third kappa shape index (κ3) is 5.89. The van der Waals surface area contributed by atoms with Crippen molar-refractivity contribution >= 4 is 11.8 Å². The van der Waals surface area contributed by atoms with E-state index in [1.165, 1.54) is 24.2 Å². The highest BCUT2D eigenvalue weighted by atomic mass is 32.2. The van der Waals surface area contributed by atoms with Gasteiger partial charge in [0.15, 0.2) is 0 Å². The van der Waals surface area contributed by atoms with Crippen molar-refractivity contribution in [3.8, 4) is 0 Å². The van der Waals surface area contributed by atoms with Crippen LogP contribution in [-0.4, -0.2) is 43.1 Å². The van der Waals surface area contributed by atoms with Gasteiger partial charge in [-0.3, -0.25) is 0 Å². The summed E-state index contributed by atoms with van der Waals surface area (Å²) < 4.78 is 0. The number of benzene rings is 1. The maximum Gasteiger partial charge on any atom is 0.0215 e. The van der Waals surface area contributed by atoms with E-state index in [2.05, 4.69) is 48.5 Å². The van der Waals surface area contributed by atoms with Crippen molar-refractivity contribution in [2.24, 2.45) is 5.73 Å². The van der Waals surface area contributed by atoms with Crippen LogP contribution in [0.5, 0.6) is 0 Å². The SMILES string of the molecule is CSCCCC(CN)N(C)CCc1ccccc1. The summed E-state index contributed by atoms with van der Waals surface area (Å²) in [5.41, 5.74) is 7.28. The predicted octanol–water partition coefficient (Wildman–Crippen LogP) is 2.63. The molecule has 0 aliphatic carbocycles. The molecule has 0 saturated heterocycles. The summed E-state index contributed by atoms with van der Waals surface area (Å²) >= 11 is 1.92. The first-order valence-corrected chi connectivity index (χ1v) is 8.10. The van der Waals surface area contributed by atoms with E-state index in [4.69, 9.17) is 5.73 Å². The fraction of sp³-hybridized carbons (Fsp3) is 0.600. The lowest BCUT2D eigenvalue weighted by molar-refractivity contribution is 0.237. The summed E-state index contributed by atoms with van der Waals surface area (Å²) in [4.78, 5) is 2.41. The summed E-state index contributed by atoms with van der Waals surface area (Å²) in [5, 5.41) is 0. The largest absolute Gasteiger partial charge is 0.329 e.